The highest BCUT2D eigenvalue weighted by Crippen LogP contribution is 2.42. The second-order valence-electron chi connectivity index (χ2n) is 6.10. The largest absolute Gasteiger partial charge is 0.474 e. The van der Waals surface area contributed by atoms with Gasteiger partial charge in [-0.05, 0) is 37.0 Å². The van der Waals surface area contributed by atoms with Crippen molar-refractivity contribution >= 4 is 12.0 Å². The first-order valence-electron chi connectivity index (χ1n) is 7.71. The summed E-state index contributed by atoms with van der Waals surface area (Å²) in [6, 6.07) is 7.74. The van der Waals surface area contributed by atoms with Gasteiger partial charge in [0.15, 0.2) is 11.8 Å². The van der Waals surface area contributed by atoms with Gasteiger partial charge in [-0.15, -0.1) is 0 Å². The number of aryl methyl sites for hydroxylation is 2. The monoisotopic (exact) mass is 307 g/mol. The van der Waals surface area contributed by atoms with Crippen molar-refractivity contribution in [3.8, 4) is 0 Å². The van der Waals surface area contributed by atoms with Crippen LogP contribution in [0.1, 0.15) is 33.9 Å². The first-order valence-corrected chi connectivity index (χ1v) is 7.71. The molecule has 1 aliphatic heterocycles. The lowest BCUT2D eigenvalue weighted by molar-refractivity contribution is 0.207. The summed E-state index contributed by atoms with van der Waals surface area (Å²) in [6.07, 6.45) is 5.10. The summed E-state index contributed by atoms with van der Waals surface area (Å²) >= 11 is 0. The van der Waals surface area contributed by atoms with Crippen molar-refractivity contribution in [2.45, 2.75) is 32.3 Å². The predicted molar refractivity (Wildman–Crippen MR) is 88.7 cm³/mol. The van der Waals surface area contributed by atoms with E-state index in [1.165, 1.54) is 35.4 Å². The molecule has 2 unspecified atom stereocenters. The lowest BCUT2D eigenvalue weighted by Crippen LogP contribution is -2.34. The van der Waals surface area contributed by atoms with Gasteiger partial charge in [0.2, 0.25) is 0 Å². The topological polar surface area (TPSA) is 51.8 Å². The molecule has 0 N–H and O–H groups in total. The summed E-state index contributed by atoms with van der Waals surface area (Å²) in [4.78, 5) is 16.4. The Balaban J connectivity index is 1.94. The summed E-state index contributed by atoms with van der Waals surface area (Å²) in [7, 11) is 0. The minimum Gasteiger partial charge on any atom is -0.474 e. The first kappa shape index (κ1) is 14.0. The second-order valence-corrected chi connectivity index (χ2v) is 6.10. The average molecular weight is 307 g/mol. The Morgan fingerprint density at radius 3 is 2.74 bits per heavy atom. The Hall–Kier alpha value is -2.62. The third kappa shape index (κ3) is 2.13. The van der Waals surface area contributed by atoms with Crippen LogP contribution >= 0.6 is 0 Å². The van der Waals surface area contributed by atoms with Crippen molar-refractivity contribution in [3.63, 3.8) is 0 Å². The van der Waals surface area contributed by atoms with Crippen LogP contribution in [0.2, 0.25) is 0 Å². The van der Waals surface area contributed by atoms with E-state index in [2.05, 4.69) is 37.0 Å². The molecule has 0 bridgehead atoms. The standard InChI is InChI=1S/C19H17NO3/c1-11-4-3-5-12(2)17(11)14-8-13-16(21)6-7-22-18(13)15-9-20-10-23-19(14)15/h3-7,9-10,14,19H,8H2,1-2H3. The summed E-state index contributed by atoms with van der Waals surface area (Å²) < 4.78 is 11.5. The molecule has 2 aromatic rings. The Morgan fingerprint density at radius 1 is 1.17 bits per heavy atom. The minimum absolute atomic E-state index is 0.0105. The molecule has 0 spiro atoms. The number of rotatable bonds is 1. The molecule has 1 aromatic carbocycles. The van der Waals surface area contributed by atoms with Crippen molar-refractivity contribution in [2.24, 2.45) is 4.99 Å². The van der Waals surface area contributed by atoms with Crippen LogP contribution in [0.15, 0.2) is 50.9 Å². The third-order valence-electron chi connectivity index (χ3n) is 4.73. The molecule has 4 nitrogen and oxygen atoms in total. The maximum absolute atomic E-state index is 12.3. The molecule has 0 saturated carbocycles. The van der Waals surface area contributed by atoms with Gasteiger partial charge in [0, 0.05) is 23.7 Å². The van der Waals surface area contributed by atoms with Gasteiger partial charge in [-0.1, -0.05) is 18.2 Å². The van der Waals surface area contributed by atoms with E-state index >= 15 is 0 Å². The van der Waals surface area contributed by atoms with Gasteiger partial charge in [0.25, 0.3) is 0 Å². The van der Waals surface area contributed by atoms with E-state index in [-0.39, 0.29) is 17.5 Å². The van der Waals surface area contributed by atoms with Gasteiger partial charge in [-0.2, -0.15) is 0 Å². The van der Waals surface area contributed by atoms with Crippen LogP contribution in [0.3, 0.4) is 0 Å². The second kappa shape index (κ2) is 5.23. The Morgan fingerprint density at radius 2 is 1.96 bits per heavy atom. The zero-order valence-corrected chi connectivity index (χ0v) is 13.1. The maximum atomic E-state index is 12.3. The molecular formula is C19H17NO3. The van der Waals surface area contributed by atoms with Crippen LogP contribution < -0.4 is 5.43 Å². The average Bonchev–Trinajstić information content (AvgIpc) is 2.55. The van der Waals surface area contributed by atoms with Gasteiger partial charge in [0.05, 0.1) is 11.8 Å². The van der Waals surface area contributed by atoms with Gasteiger partial charge in [0.1, 0.15) is 11.9 Å². The molecule has 1 aromatic heterocycles. The van der Waals surface area contributed by atoms with Crippen LogP contribution in [-0.2, 0) is 11.2 Å². The lowest BCUT2D eigenvalue weighted by Gasteiger charge is -2.35. The third-order valence-corrected chi connectivity index (χ3v) is 4.73. The van der Waals surface area contributed by atoms with Gasteiger partial charge in [-0.25, -0.2) is 4.99 Å². The molecule has 2 heterocycles. The van der Waals surface area contributed by atoms with Crippen molar-refractivity contribution in [1.29, 1.82) is 0 Å². The number of hydrogen-bond donors (Lipinski definition) is 0. The fourth-order valence-electron chi connectivity index (χ4n) is 3.73. The highest BCUT2D eigenvalue weighted by molar-refractivity contribution is 5.75. The van der Waals surface area contributed by atoms with E-state index in [0.717, 1.165) is 5.57 Å². The summed E-state index contributed by atoms with van der Waals surface area (Å²) in [5, 5.41) is 0. The molecule has 2 aliphatic rings. The van der Waals surface area contributed by atoms with Crippen LogP contribution in [0, 0.1) is 13.8 Å². The van der Waals surface area contributed by atoms with Crippen molar-refractivity contribution in [2.75, 3.05) is 0 Å². The number of hydrogen-bond acceptors (Lipinski definition) is 4. The highest BCUT2D eigenvalue weighted by atomic mass is 16.5. The van der Waals surface area contributed by atoms with Gasteiger partial charge < -0.3 is 9.15 Å². The van der Waals surface area contributed by atoms with E-state index in [1.807, 2.05) is 0 Å². The van der Waals surface area contributed by atoms with E-state index in [0.29, 0.717) is 17.7 Å². The number of ether oxygens (including phenoxy) is 1. The molecule has 0 radical (unpaired) electrons. The lowest BCUT2D eigenvalue weighted by atomic mass is 9.75. The highest BCUT2D eigenvalue weighted by Gasteiger charge is 2.39. The van der Waals surface area contributed by atoms with Crippen LogP contribution in [-0.4, -0.2) is 12.5 Å². The molecule has 0 saturated heterocycles. The molecule has 1 aliphatic carbocycles. The maximum Gasteiger partial charge on any atom is 0.188 e. The zero-order chi connectivity index (χ0) is 16.0. The molecule has 0 amide bonds. The van der Waals surface area contributed by atoms with E-state index in [1.54, 1.807) is 6.20 Å². The fraction of sp³-hybridized carbons (Fsp3) is 0.263. The smallest absolute Gasteiger partial charge is 0.188 e. The molecule has 23 heavy (non-hydrogen) atoms. The molecule has 4 heteroatoms. The van der Waals surface area contributed by atoms with E-state index in [9.17, 15) is 4.79 Å². The van der Waals surface area contributed by atoms with Crippen LogP contribution in [0.4, 0.5) is 0 Å². The van der Waals surface area contributed by atoms with Crippen molar-refractivity contribution in [1.82, 2.24) is 0 Å². The number of benzene rings is 1. The summed E-state index contributed by atoms with van der Waals surface area (Å²) in [6.45, 7) is 4.21. The first-order chi connectivity index (χ1) is 11.2. The predicted octanol–water partition coefficient (Wildman–Crippen LogP) is 3.36. The van der Waals surface area contributed by atoms with Gasteiger partial charge >= 0.3 is 0 Å². The molecular weight excluding hydrogens is 290 g/mol. The van der Waals surface area contributed by atoms with E-state index in [4.69, 9.17) is 9.15 Å². The van der Waals surface area contributed by atoms with Gasteiger partial charge in [-0.3, -0.25) is 4.79 Å². The summed E-state index contributed by atoms with van der Waals surface area (Å²) in [5.41, 5.74) is 5.24. The molecule has 0 fully saturated rings. The molecule has 116 valence electrons. The Bertz CT molecular complexity index is 871. The quantitative estimate of drug-likeness (QED) is 0.811. The number of aliphatic imine (C=N–C) groups is 1. The van der Waals surface area contributed by atoms with Crippen LogP contribution in [0.5, 0.6) is 0 Å². The van der Waals surface area contributed by atoms with E-state index < -0.39 is 0 Å². The van der Waals surface area contributed by atoms with Crippen molar-refractivity contribution < 1.29 is 9.15 Å². The normalized spacial score (nSPS) is 21.9. The fourth-order valence-corrected chi connectivity index (χ4v) is 3.73. The minimum atomic E-state index is -0.176. The van der Waals surface area contributed by atoms with Crippen LogP contribution in [0.25, 0.3) is 5.57 Å². The van der Waals surface area contributed by atoms with Crippen molar-refractivity contribution in [3.05, 3.63) is 75.0 Å². The molecule has 4 rings (SSSR count). The molecule has 2 atom stereocenters. The summed E-state index contributed by atoms with van der Waals surface area (Å²) in [5.74, 6) is 0.689. The Labute approximate surface area is 134 Å². The number of nitrogens with zero attached hydrogens (tertiary/aromatic N) is 1. The number of fused-ring (bicyclic) bond motifs is 3. The Kier molecular flexibility index (Phi) is 3.18. The SMILES string of the molecule is Cc1cccc(C)c1C1Cc2c(occc2=O)C2=CN=COC21. The zero-order valence-electron chi connectivity index (χ0n) is 13.1.